The van der Waals surface area contributed by atoms with Gasteiger partial charge in [-0.2, -0.15) is 0 Å². The number of hydrogen-bond acceptors (Lipinski definition) is 4. The van der Waals surface area contributed by atoms with Crippen LogP contribution in [0.1, 0.15) is 0 Å². The Bertz CT molecular complexity index is 310. The number of rotatable bonds is 2. The van der Waals surface area contributed by atoms with Crippen LogP contribution in [0.5, 0.6) is 0 Å². The summed E-state index contributed by atoms with van der Waals surface area (Å²) < 4.78 is 9.11. The molecular formula is C9H10O4. The largest absolute Gasteiger partial charge is 0.481 e. The minimum absolute atomic E-state index is 0.287. The van der Waals surface area contributed by atoms with Crippen molar-refractivity contribution in [2.24, 2.45) is 0 Å². The maximum Gasteiger partial charge on any atom is 0.338 e. The SMILES string of the molecule is COC(=O)C1=CC=C/C1=C(/O)OC. The van der Waals surface area contributed by atoms with E-state index in [-0.39, 0.29) is 5.95 Å². The first-order valence-electron chi connectivity index (χ1n) is 3.65. The molecule has 1 aliphatic rings. The summed E-state index contributed by atoms with van der Waals surface area (Å²) in [5.41, 5.74) is 0.635. The first-order valence-corrected chi connectivity index (χ1v) is 3.65. The van der Waals surface area contributed by atoms with Crippen LogP contribution in [0, 0.1) is 0 Å². The van der Waals surface area contributed by atoms with Crippen LogP contribution in [0.4, 0.5) is 0 Å². The molecule has 0 atom stereocenters. The van der Waals surface area contributed by atoms with Crippen molar-refractivity contribution in [2.75, 3.05) is 14.2 Å². The second kappa shape index (κ2) is 3.80. The molecule has 0 aromatic heterocycles. The lowest BCUT2D eigenvalue weighted by Gasteiger charge is -2.04. The normalized spacial score (nSPS) is 18.2. The topological polar surface area (TPSA) is 55.8 Å². The van der Waals surface area contributed by atoms with Gasteiger partial charge in [0.15, 0.2) is 0 Å². The molecule has 4 nitrogen and oxygen atoms in total. The molecule has 70 valence electrons. The van der Waals surface area contributed by atoms with Crippen LogP contribution in [-0.4, -0.2) is 25.3 Å². The van der Waals surface area contributed by atoms with Crippen LogP contribution < -0.4 is 0 Å². The summed E-state index contributed by atoms with van der Waals surface area (Å²) >= 11 is 0. The van der Waals surface area contributed by atoms with E-state index in [2.05, 4.69) is 9.47 Å². The molecule has 0 heterocycles. The number of carbonyl (C=O) groups excluding carboxylic acids is 1. The first-order chi connectivity index (χ1) is 6.20. The molecule has 1 aliphatic carbocycles. The van der Waals surface area contributed by atoms with Crippen molar-refractivity contribution in [3.05, 3.63) is 35.3 Å². The number of methoxy groups -OCH3 is 2. The van der Waals surface area contributed by atoms with E-state index in [0.717, 1.165) is 0 Å². The van der Waals surface area contributed by atoms with Gasteiger partial charge < -0.3 is 14.6 Å². The zero-order valence-corrected chi connectivity index (χ0v) is 7.40. The molecule has 13 heavy (non-hydrogen) atoms. The van der Waals surface area contributed by atoms with Crippen molar-refractivity contribution in [2.45, 2.75) is 0 Å². The third-order valence-corrected chi connectivity index (χ3v) is 1.65. The fraction of sp³-hybridized carbons (Fsp3) is 0.222. The van der Waals surface area contributed by atoms with Crippen molar-refractivity contribution >= 4 is 5.97 Å². The minimum atomic E-state index is -0.497. The quantitative estimate of drug-likeness (QED) is 0.512. The van der Waals surface area contributed by atoms with E-state index in [9.17, 15) is 9.90 Å². The fourth-order valence-corrected chi connectivity index (χ4v) is 1.00. The summed E-state index contributed by atoms with van der Waals surface area (Å²) in [6.07, 6.45) is 4.76. The molecule has 0 aliphatic heterocycles. The van der Waals surface area contributed by atoms with E-state index in [0.29, 0.717) is 11.1 Å². The van der Waals surface area contributed by atoms with E-state index in [1.54, 1.807) is 18.2 Å². The second-order valence-corrected chi connectivity index (χ2v) is 2.35. The van der Waals surface area contributed by atoms with Crippen molar-refractivity contribution in [1.82, 2.24) is 0 Å². The molecule has 0 aromatic carbocycles. The Morgan fingerprint density at radius 1 is 1.38 bits per heavy atom. The van der Waals surface area contributed by atoms with Crippen molar-refractivity contribution < 1.29 is 19.4 Å². The first kappa shape index (κ1) is 9.38. The standard InChI is InChI=1S/C9H10O4/c1-12-8(10)6-4-3-5-7(6)9(11)13-2/h3-5,10H,1-2H3/b8-6+. The summed E-state index contributed by atoms with van der Waals surface area (Å²) in [4.78, 5) is 11.1. The highest BCUT2D eigenvalue weighted by Crippen LogP contribution is 2.22. The Hall–Kier alpha value is -1.71. The Labute approximate surface area is 75.8 Å². The lowest BCUT2D eigenvalue weighted by Crippen LogP contribution is -2.06. The van der Waals surface area contributed by atoms with Gasteiger partial charge in [-0.05, 0) is 12.2 Å². The lowest BCUT2D eigenvalue weighted by atomic mass is 10.1. The third kappa shape index (κ3) is 1.72. The number of ether oxygens (including phenoxy) is 2. The smallest absolute Gasteiger partial charge is 0.338 e. The number of hydrogen-bond donors (Lipinski definition) is 1. The third-order valence-electron chi connectivity index (χ3n) is 1.65. The fourth-order valence-electron chi connectivity index (χ4n) is 1.00. The van der Waals surface area contributed by atoms with Gasteiger partial charge >= 0.3 is 5.97 Å². The molecule has 0 spiro atoms. The number of aliphatic hydroxyl groups excluding tert-OH is 1. The van der Waals surface area contributed by atoms with E-state index < -0.39 is 5.97 Å². The highest BCUT2D eigenvalue weighted by Gasteiger charge is 2.20. The van der Waals surface area contributed by atoms with Crippen LogP contribution in [0.2, 0.25) is 0 Å². The number of allylic oxidation sites excluding steroid dienone is 3. The number of aliphatic hydroxyl groups is 1. The van der Waals surface area contributed by atoms with Gasteiger partial charge in [0, 0.05) is 0 Å². The molecular weight excluding hydrogens is 172 g/mol. The van der Waals surface area contributed by atoms with Crippen molar-refractivity contribution in [3.8, 4) is 0 Å². The summed E-state index contributed by atoms with van der Waals surface area (Å²) in [6, 6.07) is 0. The van der Waals surface area contributed by atoms with Gasteiger partial charge in [0.2, 0.25) is 0 Å². The van der Waals surface area contributed by atoms with Crippen molar-refractivity contribution in [1.29, 1.82) is 0 Å². The summed E-state index contributed by atoms with van der Waals surface area (Å²) in [7, 11) is 2.60. The van der Waals surface area contributed by atoms with Crippen LogP contribution in [-0.2, 0) is 14.3 Å². The van der Waals surface area contributed by atoms with Gasteiger partial charge in [-0.25, -0.2) is 4.79 Å². The Morgan fingerprint density at radius 2 is 2.08 bits per heavy atom. The van der Waals surface area contributed by atoms with Crippen LogP contribution in [0.15, 0.2) is 35.3 Å². The van der Waals surface area contributed by atoms with Gasteiger partial charge in [0.1, 0.15) is 0 Å². The van der Waals surface area contributed by atoms with Gasteiger partial charge in [-0.3, -0.25) is 0 Å². The van der Waals surface area contributed by atoms with E-state index in [1.807, 2.05) is 0 Å². The summed E-state index contributed by atoms with van der Waals surface area (Å²) in [6.45, 7) is 0. The molecule has 0 saturated carbocycles. The van der Waals surface area contributed by atoms with Crippen LogP contribution in [0.3, 0.4) is 0 Å². The molecule has 1 rings (SSSR count). The van der Waals surface area contributed by atoms with Gasteiger partial charge in [0.25, 0.3) is 5.95 Å². The van der Waals surface area contributed by atoms with E-state index in [4.69, 9.17) is 0 Å². The molecule has 0 fully saturated rings. The van der Waals surface area contributed by atoms with E-state index >= 15 is 0 Å². The number of carbonyl (C=O) groups is 1. The highest BCUT2D eigenvalue weighted by molar-refractivity contribution is 5.96. The van der Waals surface area contributed by atoms with Crippen LogP contribution >= 0.6 is 0 Å². The Balaban J connectivity index is 2.97. The van der Waals surface area contributed by atoms with Gasteiger partial charge in [-0.15, -0.1) is 0 Å². The van der Waals surface area contributed by atoms with Gasteiger partial charge in [0.05, 0.1) is 25.4 Å². The lowest BCUT2D eigenvalue weighted by molar-refractivity contribution is -0.135. The monoisotopic (exact) mass is 182 g/mol. The van der Waals surface area contributed by atoms with Gasteiger partial charge in [-0.1, -0.05) is 6.08 Å². The molecule has 0 aromatic rings. The maximum absolute atomic E-state index is 11.1. The average molecular weight is 182 g/mol. The Morgan fingerprint density at radius 3 is 2.62 bits per heavy atom. The molecule has 0 saturated heterocycles. The summed E-state index contributed by atoms with van der Waals surface area (Å²) in [5.74, 6) is -0.783. The van der Waals surface area contributed by atoms with Crippen molar-refractivity contribution in [3.63, 3.8) is 0 Å². The Kier molecular flexibility index (Phi) is 2.74. The summed E-state index contributed by atoms with van der Waals surface area (Å²) in [5, 5.41) is 9.23. The predicted molar refractivity (Wildman–Crippen MR) is 45.9 cm³/mol. The zero-order valence-electron chi connectivity index (χ0n) is 7.40. The molecule has 4 heteroatoms. The zero-order chi connectivity index (χ0) is 9.84. The maximum atomic E-state index is 11.1. The molecule has 0 radical (unpaired) electrons. The average Bonchev–Trinajstić information content (AvgIpc) is 2.63. The molecule has 0 unspecified atom stereocenters. The molecule has 0 bridgehead atoms. The number of esters is 1. The van der Waals surface area contributed by atoms with Crippen LogP contribution in [0.25, 0.3) is 0 Å². The predicted octanol–water partition coefficient (Wildman–Crippen LogP) is 1.07. The molecule has 0 amide bonds. The highest BCUT2D eigenvalue weighted by atomic mass is 16.6. The minimum Gasteiger partial charge on any atom is -0.481 e. The second-order valence-electron chi connectivity index (χ2n) is 2.35. The molecule has 1 N–H and O–H groups in total. The van der Waals surface area contributed by atoms with E-state index in [1.165, 1.54) is 14.2 Å².